The number of hydrogen-bond donors (Lipinski definition) is 1. The third-order valence-electron chi connectivity index (χ3n) is 5.28. The first-order chi connectivity index (χ1) is 10.0. The molecule has 0 radical (unpaired) electrons. The van der Waals surface area contributed by atoms with Gasteiger partial charge in [0.05, 0.1) is 10.2 Å². The van der Waals surface area contributed by atoms with E-state index in [4.69, 9.17) is 0 Å². The molecular formula is C16H24BrN3O. The highest BCUT2D eigenvalue weighted by molar-refractivity contribution is 9.10. The van der Waals surface area contributed by atoms with Crippen LogP contribution in [0.4, 0.5) is 0 Å². The number of amides is 1. The van der Waals surface area contributed by atoms with Gasteiger partial charge in [-0.1, -0.05) is 6.42 Å². The first-order valence-electron chi connectivity index (χ1n) is 8.02. The van der Waals surface area contributed by atoms with Gasteiger partial charge in [-0.2, -0.15) is 5.10 Å². The van der Waals surface area contributed by atoms with Gasteiger partial charge in [0.1, 0.15) is 0 Å². The summed E-state index contributed by atoms with van der Waals surface area (Å²) in [6, 6.07) is 0.318. The summed E-state index contributed by atoms with van der Waals surface area (Å²) in [5, 5.41) is 7.57. The number of halogens is 1. The zero-order chi connectivity index (χ0) is 15.0. The van der Waals surface area contributed by atoms with Crippen LogP contribution in [0.15, 0.2) is 10.7 Å². The molecular weight excluding hydrogens is 330 g/mol. The minimum Gasteiger partial charge on any atom is -0.353 e. The third kappa shape index (κ3) is 3.33. The van der Waals surface area contributed by atoms with E-state index in [0.717, 1.165) is 22.0 Å². The maximum Gasteiger partial charge on any atom is 0.222 e. The number of rotatable bonds is 5. The van der Waals surface area contributed by atoms with E-state index in [1.165, 1.54) is 25.7 Å². The maximum absolute atomic E-state index is 12.1. The molecule has 0 spiro atoms. The molecule has 2 saturated carbocycles. The van der Waals surface area contributed by atoms with E-state index >= 15 is 0 Å². The smallest absolute Gasteiger partial charge is 0.222 e. The zero-order valence-electron chi connectivity index (χ0n) is 12.8. The summed E-state index contributed by atoms with van der Waals surface area (Å²) in [6.07, 6.45) is 7.93. The molecule has 21 heavy (non-hydrogen) atoms. The van der Waals surface area contributed by atoms with E-state index in [2.05, 4.69) is 33.3 Å². The predicted octanol–water partition coefficient (Wildman–Crippen LogP) is 3.29. The number of fused-ring (bicyclic) bond motifs is 2. The van der Waals surface area contributed by atoms with Crippen molar-refractivity contribution in [3.63, 3.8) is 0 Å². The van der Waals surface area contributed by atoms with Crippen molar-refractivity contribution in [1.29, 1.82) is 0 Å². The lowest BCUT2D eigenvalue weighted by Gasteiger charge is -2.28. The monoisotopic (exact) mass is 353 g/mol. The Kier molecular flexibility index (Phi) is 4.38. The molecule has 0 aromatic carbocycles. The Balaban J connectivity index is 1.45. The van der Waals surface area contributed by atoms with Crippen LogP contribution in [0, 0.1) is 24.7 Å². The Morgan fingerprint density at radius 1 is 1.52 bits per heavy atom. The van der Waals surface area contributed by atoms with Crippen LogP contribution >= 0.6 is 15.9 Å². The van der Waals surface area contributed by atoms with Crippen molar-refractivity contribution in [2.45, 2.75) is 58.5 Å². The van der Waals surface area contributed by atoms with Crippen LogP contribution in [0.2, 0.25) is 0 Å². The lowest BCUT2D eigenvalue weighted by atomic mass is 9.84. The first-order valence-corrected chi connectivity index (χ1v) is 8.81. The van der Waals surface area contributed by atoms with Crippen molar-refractivity contribution in [3.8, 4) is 0 Å². The average molecular weight is 354 g/mol. The number of nitrogens with one attached hydrogen (secondary N) is 1. The maximum atomic E-state index is 12.1. The van der Waals surface area contributed by atoms with Crippen LogP contribution in [0.1, 0.15) is 44.7 Å². The minimum absolute atomic E-state index is 0.148. The van der Waals surface area contributed by atoms with Crippen LogP contribution in [0.25, 0.3) is 0 Å². The van der Waals surface area contributed by atoms with Crippen molar-refractivity contribution in [2.24, 2.45) is 17.8 Å². The lowest BCUT2D eigenvalue weighted by Crippen LogP contribution is -2.40. The molecule has 0 saturated heterocycles. The topological polar surface area (TPSA) is 46.9 Å². The second-order valence-electron chi connectivity index (χ2n) is 6.77. The summed E-state index contributed by atoms with van der Waals surface area (Å²) in [5.41, 5.74) is 0.964. The first kappa shape index (κ1) is 15.1. The molecule has 3 rings (SSSR count). The molecule has 2 fully saturated rings. The van der Waals surface area contributed by atoms with Gasteiger partial charge >= 0.3 is 0 Å². The summed E-state index contributed by atoms with van der Waals surface area (Å²) in [6.45, 7) is 4.78. The highest BCUT2D eigenvalue weighted by Crippen LogP contribution is 2.49. The van der Waals surface area contributed by atoms with Crippen LogP contribution in [0.5, 0.6) is 0 Å². The largest absolute Gasteiger partial charge is 0.353 e. The number of aromatic nitrogens is 2. The summed E-state index contributed by atoms with van der Waals surface area (Å²) >= 11 is 3.44. The van der Waals surface area contributed by atoms with E-state index in [-0.39, 0.29) is 5.91 Å². The van der Waals surface area contributed by atoms with Gasteiger partial charge in [-0.25, -0.2) is 0 Å². The summed E-state index contributed by atoms with van der Waals surface area (Å²) in [7, 11) is 0. The van der Waals surface area contributed by atoms with Gasteiger partial charge in [0, 0.05) is 25.2 Å². The number of aryl methyl sites for hydroxylation is 2. The van der Waals surface area contributed by atoms with E-state index < -0.39 is 0 Å². The highest BCUT2D eigenvalue weighted by Gasteiger charge is 2.42. The van der Waals surface area contributed by atoms with Crippen LogP contribution < -0.4 is 5.32 Å². The lowest BCUT2D eigenvalue weighted by molar-refractivity contribution is -0.122. The Bertz CT molecular complexity index is 508. The molecule has 0 unspecified atom stereocenters. The summed E-state index contributed by atoms with van der Waals surface area (Å²) < 4.78 is 2.83. The van der Waals surface area contributed by atoms with Crippen molar-refractivity contribution in [3.05, 3.63) is 16.4 Å². The molecule has 5 heteroatoms. The van der Waals surface area contributed by atoms with E-state index in [1.54, 1.807) is 0 Å². The molecule has 116 valence electrons. The van der Waals surface area contributed by atoms with Gasteiger partial charge in [0.15, 0.2) is 0 Å². The van der Waals surface area contributed by atoms with Gasteiger partial charge in [-0.15, -0.1) is 0 Å². The zero-order valence-corrected chi connectivity index (χ0v) is 14.4. The second kappa shape index (κ2) is 6.11. The summed E-state index contributed by atoms with van der Waals surface area (Å²) in [4.78, 5) is 12.1. The van der Waals surface area contributed by atoms with Gasteiger partial charge in [-0.3, -0.25) is 9.48 Å². The molecule has 1 aromatic heterocycles. The Morgan fingerprint density at radius 3 is 2.90 bits per heavy atom. The molecule has 4 nitrogen and oxygen atoms in total. The number of hydrogen-bond acceptors (Lipinski definition) is 2. The van der Waals surface area contributed by atoms with Crippen molar-refractivity contribution >= 4 is 21.8 Å². The van der Waals surface area contributed by atoms with Crippen molar-refractivity contribution in [1.82, 2.24) is 15.1 Å². The Hall–Kier alpha value is -0.840. The summed E-state index contributed by atoms with van der Waals surface area (Å²) in [5.74, 6) is 2.64. The molecule has 1 aromatic rings. The fourth-order valence-electron chi connectivity index (χ4n) is 4.16. The normalized spacial score (nSPS) is 28.8. The van der Waals surface area contributed by atoms with E-state index in [0.29, 0.717) is 24.9 Å². The molecule has 1 amide bonds. The van der Waals surface area contributed by atoms with Crippen molar-refractivity contribution in [2.75, 3.05) is 0 Å². The van der Waals surface area contributed by atoms with Crippen LogP contribution in [-0.4, -0.2) is 21.7 Å². The van der Waals surface area contributed by atoms with Gasteiger partial charge in [0.2, 0.25) is 5.91 Å². The quantitative estimate of drug-likeness (QED) is 0.882. The molecule has 0 aliphatic heterocycles. The molecule has 2 aliphatic rings. The highest BCUT2D eigenvalue weighted by atomic mass is 79.9. The average Bonchev–Trinajstić information content (AvgIpc) is 3.13. The number of carbonyl (C=O) groups excluding carboxylic acids is 1. The third-order valence-corrected chi connectivity index (χ3v) is 6.06. The standard InChI is InChI=1S/C16H24BrN3O/c1-10(14-8-12-3-4-13(14)7-12)18-16(21)5-6-20-9-15(17)11(2)19-20/h9-10,12-14H,3-8H2,1-2H3,(H,18,21)/t10-,12-,13-,14+/m1/s1. The van der Waals surface area contributed by atoms with E-state index in [1.807, 2.05) is 17.8 Å². The molecule has 4 atom stereocenters. The molecule has 2 aliphatic carbocycles. The van der Waals surface area contributed by atoms with Gasteiger partial charge in [0.25, 0.3) is 0 Å². The number of nitrogens with zero attached hydrogens (tertiary/aromatic N) is 2. The van der Waals surface area contributed by atoms with Gasteiger partial charge in [-0.05, 0) is 66.8 Å². The molecule has 1 heterocycles. The predicted molar refractivity (Wildman–Crippen MR) is 85.8 cm³/mol. The fraction of sp³-hybridized carbons (Fsp3) is 0.750. The van der Waals surface area contributed by atoms with Crippen molar-refractivity contribution < 1.29 is 4.79 Å². The van der Waals surface area contributed by atoms with Gasteiger partial charge < -0.3 is 5.32 Å². The van der Waals surface area contributed by atoms with E-state index in [9.17, 15) is 4.79 Å². The Labute approximate surface area is 134 Å². The molecule has 2 bridgehead atoms. The number of carbonyl (C=O) groups is 1. The minimum atomic E-state index is 0.148. The fourth-order valence-corrected chi connectivity index (χ4v) is 4.48. The Morgan fingerprint density at radius 2 is 2.33 bits per heavy atom. The molecule has 1 N–H and O–H groups in total. The SMILES string of the molecule is Cc1nn(CCC(=O)N[C@H](C)[C@@H]2C[C@@H]3CC[C@@H]2C3)cc1Br. The van der Waals surface area contributed by atoms with Crippen LogP contribution in [-0.2, 0) is 11.3 Å². The second-order valence-corrected chi connectivity index (χ2v) is 7.62. The van der Waals surface area contributed by atoms with Crippen LogP contribution in [0.3, 0.4) is 0 Å².